The average molecular weight is 376 g/mol. The second-order valence-electron chi connectivity index (χ2n) is 6.61. The normalized spacial score (nSPS) is 10.4. The van der Waals surface area contributed by atoms with Crippen LogP contribution in [0.25, 0.3) is 0 Å². The standard InChI is InChI=1S/C22H24N4O2/c1-5-28-22(27)17-6-8-18(9-7-17)25-20-13-21(24-16(4)23-20)26-19-11-14(2)10-15(3)12-19/h6-13H,5H2,1-4H3,(H2,23,24,25,26). The van der Waals surface area contributed by atoms with Crippen molar-refractivity contribution in [3.63, 3.8) is 0 Å². The molecule has 0 amide bonds. The third-order valence-electron chi connectivity index (χ3n) is 4.00. The van der Waals surface area contributed by atoms with E-state index < -0.39 is 0 Å². The van der Waals surface area contributed by atoms with Crippen molar-refractivity contribution < 1.29 is 9.53 Å². The van der Waals surface area contributed by atoms with Gasteiger partial charge in [-0.3, -0.25) is 0 Å². The number of carbonyl (C=O) groups is 1. The van der Waals surface area contributed by atoms with Crippen molar-refractivity contribution in [2.75, 3.05) is 17.2 Å². The van der Waals surface area contributed by atoms with E-state index >= 15 is 0 Å². The maximum Gasteiger partial charge on any atom is 0.338 e. The highest BCUT2D eigenvalue weighted by atomic mass is 16.5. The maximum atomic E-state index is 11.8. The Morgan fingerprint density at radius 3 is 2.00 bits per heavy atom. The van der Waals surface area contributed by atoms with Gasteiger partial charge in [0.15, 0.2) is 0 Å². The fourth-order valence-electron chi connectivity index (χ4n) is 2.94. The first-order chi connectivity index (χ1) is 13.4. The number of hydrogen-bond acceptors (Lipinski definition) is 6. The first-order valence-corrected chi connectivity index (χ1v) is 9.18. The number of hydrogen-bond donors (Lipinski definition) is 2. The maximum absolute atomic E-state index is 11.8. The number of nitrogens with one attached hydrogen (secondary N) is 2. The summed E-state index contributed by atoms with van der Waals surface area (Å²) in [4.78, 5) is 20.7. The van der Waals surface area contributed by atoms with Crippen molar-refractivity contribution in [1.82, 2.24) is 9.97 Å². The second kappa shape index (κ2) is 8.52. The van der Waals surface area contributed by atoms with Crippen molar-refractivity contribution in [3.05, 3.63) is 71.0 Å². The Morgan fingerprint density at radius 1 is 0.857 bits per heavy atom. The van der Waals surface area contributed by atoms with Crippen molar-refractivity contribution >= 4 is 29.0 Å². The van der Waals surface area contributed by atoms with Crippen LogP contribution < -0.4 is 10.6 Å². The van der Waals surface area contributed by atoms with Crippen LogP contribution in [0, 0.1) is 20.8 Å². The van der Waals surface area contributed by atoms with Crippen LogP contribution in [0.3, 0.4) is 0 Å². The molecule has 0 aliphatic carbocycles. The van der Waals surface area contributed by atoms with Crippen molar-refractivity contribution in [1.29, 1.82) is 0 Å². The molecule has 0 atom stereocenters. The van der Waals surface area contributed by atoms with Crippen LogP contribution in [-0.2, 0) is 4.74 Å². The molecule has 28 heavy (non-hydrogen) atoms. The highest BCUT2D eigenvalue weighted by Crippen LogP contribution is 2.22. The summed E-state index contributed by atoms with van der Waals surface area (Å²) in [5, 5.41) is 6.59. The predicted octanol–water partition coefficient (Wildman–Crippen LogP) is 5.07. The van der Waals surface area contributed by atoms with E-state index in [1.165, 1.54) is 11.1 Å². The molecule has 6 heteroatoms. The number of carbonyl (C=O) groups excluding carboxylic acids is 1. The Morgan fingerprint density at radius 2 is 1.43 bits per heavy atom. The minimum absolute atomic E-state index is 0.327. The van der Waals surface area contributed by atoms with Crippen LogP contribution in [0.1, 0.15) is 34.2 Å². The Labute approximate surface area is 165 Å². The van der Waals surface area contributed by atoms with Gasteiger partial charge in [0.1, 0.15) is 17.5 Å². The number of nitrogens with zero attached hydrogens (tertiary/aromatic N) is 2. The lowest BCUT2D eigenvalue weighted by molar-refractivity contribution is 0.0526. The molecule has 0 spiro atoms. The Kier molecular flexibility index (Phi) is 5.89. The average Bonchev–Trinajstić information content (AvgIpc) is 2.61. The van der Waals surface area contributed by atoms with Crippen LogP contribution in [0.15, 0.2) is 48.5 Å². The molecule has 0 aliphatic heterocycles. The van der Waals surface area contributed by atoms with Gasteiger partial charge in [-0.25, -0.2) is 14.8 Å². The van der Waals surface area contributed by atoms with Crippen molar-refractivity contribution in [3.8, 4) is 0 Å². The van der Waals surface area contributed by atoms with Crippen molar-refractivity contribution in [2.45, 2.75) is 27.7 Å². The third kappa shape index (κ3) is 5.07. The van der Waals surface area contributed by atoms with E-state index in [1.54, 1.807) is 19.1 Å². The smallest absolute Gasteiger partial charge is 0.338 e. The minimum Gasteiger partial charge on any atom is -0.462 e. The van der Waals surface area contributed by atoms with Crippen LogP contribution in [0.5, 0.6) is 0 Å². The molecule has 0 aliphatic rings. The molecule has 6 nitrogen and oxygen atoms in total. The summed E-state index contributed by atoms with van der Waals surface area (Å²) >= 11 is 0. The number of aromatic nitrogens is 2. The van der Waals surface area contributed by atoms with Crippen LogP contribution in [0.2, 0.25) is 0 Å². The van der Waals surface area contributed by atoms with Crippen molar-refractivity contribution in [2.24, 2.45) is 0 Å². The van der Waals surface area contributed by atoms with Crippen LogP contribution in [-0.4, -0.2) is 22.5 Å². The number of esters is 1. The molecule has 2 N–H and O–H groups in total. The Bertz CT molecular complexity index is 964. The summed E-state index contributed by atoms with van der Waals surface area (Å²) in [6, 6.07) is 15.2. The summed E-state index contributed by atoms with van der Waals surface area (Å²) in [5.41, 5.74) is 4.70. The van der Waals surface area contributed by atoms with E-state index in [0.29, 0.717) is 29.6 Å². The zero-order valence-electron chi connectivity index (χ0n) is 16.5. The van der Waals surface area contributed by atoms with E-state index in [-0.39, 0.29) is 5.97 Å². The van der Waals surface area contributed by atoms with Gasteiger partial charge in [-0.1, -0.05) is 6.07 Å². The van der Waals surface area contributed by atoms with Gasteiger partial charge in [-0.15, -0.1) is 0 Å². The van der Waals surface area contributed by atoms with Crippen LogP contribution >= 0.6 is 0 Å². The zero-order chi connectivity index (χ0) is 20.1. The number of anilines is 4. The lowest BCUT2D eigenvalue weighted by Gasteiger charge is -2.11. The van der Waals surface area contributed by atoms with Gasteiger partial charge in [0.2, 0.25) is 0 Å². The molecule has 3 rings (SSSR count). The molecule has 144 valence electrons. The molecule has 0 bridgehead atoms. The quantitative estimate of drug-likeness (QED) is 0.585. The molecule has 0 unspecified atom stereocenters. The van der Waals surface area contributed by atoms with Gasteiger partial charge >= 0.3 is 5.97 Å². The first kappa shape index (κ1) is 19.4. The SMILES string of the molecule is CCOC(=O)c1ccc(Nc2cc(Nc3cc(C)cc(C)c3)nc(C)n2)cc1. The highest BCUT2D eigenvalue weighted by molar-refractivity contribution is 5.89. The topological polar surface area (TPSA) is 76.1 Å². The van der Waals surface area contributed by atoms with E-state index in [4.69, 9.17) is 4.74 Å². The van der Waals surface area contributed by atoms with Crippen LogP contribution in [0.4, 0.5) is 23.0 Å². The van der Waals surface area contributed by atoms with Gasteiger partial charge in [-0.05, 0) is 75.2 Å². The monoisotopic (exact) mass is 376 g/mol. The Balaban J connectivity index is 1.77. The first-order valence-electron chi connectivity index (χ1n) is 9.18. The minimum atomic E-state index is -0.327. The molecule has 3 aromatic rings. The molecule has 0 fully saturated rings. The number of aryl methyl sites for hydroxylation is 3. The molecular weight excluding hydrogens is 352 g/mol. The molecular formula is C22H24N4O2. The fraction of sp³-hybridized carbons (Fsp3) is 0.227. The summed E-state index contributed by atoms with van der Waals surface area (Å²) in [7, 11) is 0. The van der Waals surface area contributed by atoms with E-state index in [1.807, 2.05) is 25.1 Å². The largest absolute Gasteiger partial charge is 0.462 e. The van der Waals surface area contributed by atoms with E-state index in [0.717, 1.165) is 11.4 Å². The predicted molar refractivity (Wildman–Crippen MR) is 112 cm³/mol. The highest BCUT2D eigenvalue weighted by Gasteiger charge is 2.07. The van der Waals surface area contributed by atoms with Gasteiger partial charge in [0, 0.05) is 17.4 Å². The van der Waals surface area contributed by atoms with E-state index in [2.05, 4.69) is 52.6 Å². The fourth-order valence-corrected chi connectivity index (χ4v) is 2.94. The van der Waals surface area contributed by atoms with Gasteiger partial charge in [0.25, 0.3) is 0 Å². The number of benzene rings is 2. The molecule has 1 aromatic heterocycles. The van der Waals surface area contributed by atoms with Gasteiger partial charge in [-0.2, -0.15) is 0 Å². The summed E-state index contributed by atoms with van der Waals surface area (Å²) in [6.45, 7) is 8.12. The second-order valence-corrected chi connectivity index (χ2v) is 6.61. The number of rotatable bonds is 6. The van der Waals surface area contributed by atoms with E-state index in [9.17, 15) is 4.79 Å². The third-order valence-corrected chi connectivity index (χ3v) is 4.00. The molecule has 1 heterocycles. The Hall–Kier alpha value is -3.41. The number of ether oxygens (including phenoxy) is 1. The summed E-state index contributed by atoms with van der Waals surface area (Å²) in [5.74, 6) is 1.71. The molecule has 0 saturated heterocycles. The molecule has 0 radical (unpaired) electrons. The summed E-state index contributed by atoms with van der Waals surface area (Å²) < 4.78 is 5.00. The molecule has 0 saturated carbocycles. The zero-order valence-corrected chi connectivity index (χ0v) is 16.5. The lowest BCUT2D eigenvalue weighted by Crippen LogP contribution is -2.05. The molecule has 2 aromatic carbocycles. The summed E-state index contributed by atoms with van der Waals surface area (Å²) in [6.07, 6.45) is 0. The van der Waals surface area contributed by atoms with Gasteiger partial charge < -0.3 is 15.4 Å². The van der Waals surface area contributed by atoms with Gasteiger partial charge in [0.05, 0.1) is 12.2 Å². The lowest BCUT2D eigenvalue weighted by atomic mass is 10.1.